The molecule has 0 saturated carbocycles. The molecule has 2 N–H and O–H groups in total. The molecule has 2 rings (SSSR count). The zero-order valence-electron chi connectivity index (χ0n) is 12.2. The first-order chi connectivity index (χ1) is 9.82. The van der Waals surface area contributed by atoms with Gasteiger partial charge in [-0.2, -0.15) is 13.2 Å². The predicted octanol–water partition coefficient (Wildman–Crippen LogP) is 2.81. The van der Waals surface area contributed by atoms with Crippen molar-refractivity contribution in [3.05, 3.63) is 35.4 Å². The molecule has 0 aliphatic carbocycles. The lowest BCUT2D eigenvalue weighted by Crippen LogP contribution is -2.50. The molecule has 0 aromatic heterocycles. The van der Waals surface area contributed by atoms with Gasteiger partial charge in [0.15, 0.2) is 0 Å². The minimum atomic E-state index is -4.31. The number of morpholine rings is 1. The Kier molecular flexibility index (Phi) is 4.91. The second kappa shape index (κ2) is 6.34. The fraction of sp³-hybridized carbons (Fsp3) is 0.600. The van der Waals surface area contributed by atoms with Gasteiger partial charge in [-0.25, -0.2) is 0 Å². The summed E-state index contributed by atoms with van der Waals surface area (Å²) >= 11 is 0. The zero-order chi connectivity index (χ0) is 15.6. The van der Waals surface area contributed by atoms with E-state index < -0.39 is 11.7 Å². The van der Waals surface area contributed by atoms with E-state index >= 15 is 0 Å². The maximum absolute atomic E-state index is 12.6. The number of alkyl halides is 3. The number of ether oxygens (including phenoxy) is 1. The predicted molar refractivity (Wildman–Crippen MR) is 74.8 cm³/mol. The van der Waals surface area contributed by atoms with Gasteiger partial charge in [0.25, 0.3) is 0 Å². The van der Waals surface area contributed by atoms with Crippen molar-refractivity contribution in [2.45, 2.75) is 38.2 Å². The summed E-state index contributed by atoms with van der Waals surface area (Å²) in [7, 11) is 0. The van der Waals surface area contributed by atoms with Gasteiger partial charge >= 0.3 is 6.18 Å². The van der Waals surface area contributed by atoms with Crippen molar-refractivity contribution in [1.82, 2.24) is 4.90 Å². The van der Waals surface area contributed by atoms with Crippen LogP contribution in [0.2, 0.25) is 0 Å². The summed E-state index contributed by atoms with van der Waals surface area (Å²) in [6, 6.07) is 5.38. The normalized spacial score (nSPS) is 25.8. The molecule has 0 amide bonds. The van der Waals surface area contributed by atoms with Crippen LogP contribution in [0.25, 0.3) is 0 Å². The molecule has 1 aromatic rings. The maximum atomic E-state index is 12.6. The van der Waals surface area contributed by atoms with E-state index in [-0.39, 0.29) is 18.2 Å². The molecule has 6 heteroatoms. The highest BCUT2D eigenvalue weighted by Gasteiger charge is 2.32. The minimum Gasteiger partial charge on any atom is -0.376 e. The van der Waals surface area contributed by atoms with Gasteiger partial charge in [-0.1, -0.05) is 12.1 Å². The maximum Gasteiger partial charge on any atom is 0.416 e. The average Bonchev–Trinajstić information content (AvgIpc) is 2.43. The Morgan fingerprint density at radius 1 is 1.29 bits per heavy atom. The summed E-state index contributed by atoms with van der Waals surface area (Å²) in [6.07, 6.45) is -4.21. The van der Waals surface area contributed by atoms with Crippen molar-refractivity contribution in [1.29, 1.82) is 0 Å². The number of rotatable bonds is 3. The second-order valence-corrected chi connectivity index (χ2v) is 5.56. The molecular weight excluding hydrogens is 281 g/mol. The minimum absolute atomic E-state index is 0.0892. The van der Waals surface area contributed by atoms with E-state index in [0.29, 0.717) is 13.2 Å². The highest BCUT2D eigenvalue weighted by atomic mass is 19.4. The molecule has 118 valence electrons. The van der Waals surface area contributed by atoms with E-state index in [1.807, 2.05) is 13.8 Å². The van der Waals surface area contributed by atoms with Gasteiger partial charge in [-0.15, -0.1) is 0 Å². The Hall–Kier alpha value is -1.11. The number of hydrogen-bond donors (Lipinski definition) is 1. The summed E-state index contributed by atoms with van der Waals surface area (Å²) in [6.45, 7) is 5.72. The van der Waals surface area contributed by atoms with Crippen molar-refractivity contribution < 1.29 is 17.9 Å². The van der Waals surface area contributed by atoms with Crippen molar-refractivity contribution in [3.63, 3.8) is 0 Å². The first-order valence-corrected chi connectivity index (χ1v) is 7.07. The summed E-state index contributed by atoms with van der Waals surface area (Å²) in [5, 5.41) is 0. The Balaban J connectivity index is 2.20. The van der Waals surface area contributed by atoms with Gasteiger partial charge in [0.2, 0.25) is 0 Å². The lowest BCUT2D eigenvalue weighted by atomic mass is 10.0. The van der Waals surface area contributed by atoms with Gasteiger partial charge < -0.3 is 10.5 Å². The molecule has 1 aliphatic rings. The Bertz CT molecular complexity index is 461. The van der Waals surface area contributed by atoms with Gasteiger partial charge in [0, 0.05) is 25.2 Å². The number of benzene rings is 1. The van der Waals surface area contributed by atoms with Crippen LogP contribution in [0.15, 0.2) is 24.3 Å². The first kappa shape index (κ1) is 16.3. The quantitative estimate of drug-likeness (QED) is 0.933. The third-order valence-corrected chi connectivity index (χ3v) is 3.90. The van der Waals surface area contributed by atoms with Crippen LogP contribution in [0.3, 0.4) is 0 Å². The van der Waals surface area contributed by atoms with E-state index in [1.54, 1.807) is 0 Å². The lowest BCUT2D eigenvalue weighted by Gasteiger charge is -2.41. The van der Waals surface area contributed by atoms with Crippen LogP contribution in [-0.2, 0) is 10.9 Å². The monoisotopic (exact) mass is 302 g/mol. The highest BCUT2D eigenvalue weighted by molar-refractivity contribution is 5.27. The molecule has 1 heterocycles. The highest BCUT2D eigenvalue weighted by Crippen LogP contribution is 2.31. The summed E-state index contributed by atoms with van der Waals surface area (Å²) in [5.74, 6) is 0. The first-order valence-electron chi connectivity index (χ1n) is 7.07. The molecule has 0 spiro atoms. The van der Waals surface area contributed by atoms with Crippen LogP contribution in [0.5, 0.6) is 0 Å². The molecular formula is C15H21F3N2O. The second-order valence-electron chi connectivity index (χ2n) is 5.56. The molecule has 1 aromatic carbocycles. The summed E-state index contributed by atoms with van der Waals surface area (Å²) < 4.78 is 43.4. The van der Waals surface area contributed by atoms with Crippen LogP contribution in [0.4, 0.5) is 13.2 Å². The van der Waals surface area contributed by atoms with E-state index in [9.17, 15) is 13.2 Å². The van der Waals surface area contributed by atoms with E-state index in [0.717, 1.165) is 24.2 Å². The Labute approximate surface area is 122 Å². The molecule has 3 nitrogen and oxygen atoms in total. The number of hydrogen-bond acceptors (Lipinski definition) is 3. The molecule has 1 fully saturated rings. The van der Waals surface area contributed by atoms with Crippen LogP contribution >= 0.6 is 0 Å². The van der Waals surface area contributed by atoms with Crippen molar-refractivity contribution in [2.24, 2.45) is 5.73 Å². The number of halogens is 3. The topological polar surface area (TPSA) is 38.5 Å². The van der Waals surface area contributed by atoms with Gasteiger partial charge in [-0.05, 0) is 31.5 Å². The van der Waals surface area contributed by atoms with Gasteiger partial charge in [0.05, 0.1) is 18.3 Å². The van der Waals surface area contributed by atoms with Crippen LogP contribution in [0, 0.1) is 0 Å². The van der Waals surface area contributed by atoms with Crippen LogP contribution < -0.4 is 5.73 Å². The van der Waals surface area contributed by atoms with Gasteiger partial charge in [-0.3, -0.25) is 4.90 Å². The van der Waals surface area contributed by atoms with E-state index in [1.165, 1.54) is 12.1 Å². The van der Waals surface area contributed by atoms with Crippen molar-refractivity contribution in [3.8, 4) is 0 Å². The molecule has 0 radical (unpaired) electrons. The van der Waals surface area contributed by atoms with Crippen molar-refractivity contribution >= 4 is 0 Å². The lowest BCUT2D eigenvalue weighted by molar-refractivity contribution is -0.137. The number of nitrogens with two attached hydrogens (primary N) is 1. The molecule has 3 unspecified atom stereocenters. The Morgan fingerprint density at radius 3 is 2.43 bits per heavy atom. The fourth-order valence-corrected chi connectivity index (χ4v) is 2.72. The molecule has 21 heavy (non-hydrogen) atoms. The molecule has 1 saturated heterocycles. The van der Waals surface area contributed by atoms with Gasteiger partial charge in [0.1, 0.15) is 0 Å². The average molecular weight is 302 g/mol. The summed E-state index contributed by atoms with van der Waals surface area (Å²) in [4.78, 5) is 2.21. The molecule has 1 aliphatic heterocycles. The molecule has 0 bridgehead atoms. The van der Waals surface area contributed by atoms with Crippen LogP contribution in [0.1, 0.15) is 31.0 Å². The number of nitrogens with zero attached hydrogens (tertiary/aromatic N) is 1. The molecule has 3 atom stereocenters. The van der Waals surface area contributed by atoms with E-state index in [4.69, 9.17) is 10.5 Å². The fourth-order valence-electron chi connectivity index (χ4n) is 2.72. The Morgan fingerprint density at radius 2 is 1.90 bits per heavy atom. The largest absolute Gasteiger partial charge is 0.416 e. The third kappa shape index (κ3) is 3.75. The SMILES string of the molecule is CC1CN(C(CN)c2ccc(C(F)(F)F)cc2)C(C)CO1. The zero-order valence-corrected chi connectivity index (χ0v) is 12.2. The van der Waals surface area contributed by atoms with Crippen LogP contribution in [-0.4, -0.2) is 36.7 Å². The van der Waals surface area contributed by atoms with E-state index in [2.05, 4.69) is 4.90 Å². The summed E-state index contributed by atoms with van der Waals surface area (Å²) in [5.41, 5.74) is 6.04. The smallest absolute Gasteiger partial charge is 0.376 e. The van der Waals surface area contributed by atoms with Crippen molar-refractivity contribution in [2.75, 3.05) is 19.7 Å². The third-order valence-electron chi connectivity index (χ3n) is 3.90. The standard InChI is InChI=1S/C15H21F3N2O/c1-10-9-21-11(2)8-20(10)14(7-19)12-3-5-13(6-4-12)15(16,17)18/h3-6,10-11,14H,7-9,19H2,1-2H3.